The van der Waals surface area contributed by atoms with Crippen LogP contribution < -0.4 is 14.2 Å². The lowest BCUT2D eigenvalue weighted by molar-refractivity contribution is 0.358. The highest BCUT2D eigenvalue weighted by Gasteiger charge is 2.17. The molecule has 0 aliphatic rings. The molecule has 1 aromatic heterocycles. The van der Waals surface area contributed by atoms with Crippen LogP contribution in [0.3, 0.4) is 0 Å². The third-order valence-electron chi connectivity index (χ3n) is 6.92. The second kappa shape index (κ2) is 13.2. The van der Waals surface area contributed by atoms with Crippen molar-refractivity contribution in [1.29, 1.82) is 0 Å². The summed E-state index contributed by atoms with van der Waals surface area (Å²) in [5, 5.41) is 0. The van der Waals surface area contributed by atoms with Gasteiger partial charge in [0.25, 0.3) is 0 Å². The number of ether oxygens (including phenoxy) is 3. The van der Waals surface area contributed by atoms with Crippen LogP contribution in [0.2, 0.25) is 0 Å². The summed E-state index contributed by atoms with van der Waals surface area (Å²) in [6.45, 7) is 12.8. The SMILES string of the molecule is CCc1ccc(Oc2nc(Oc3ccc(CC)cc3CC)nc(Oc3ccc(CC)cc3CC)n2)c(CC)c1. The molecule has 0 spiro atoms. The minimum absolute atomic E-state index is 0.125. The molecule has 1 heterocycles. The summed E-state index contributed by atoms with van der Waals surface area (Å²) in [4.78, 5) is 13.6. The fourth-order valence-corrected chi connectivity index (χ4v) is 4.44. The number of rotatable bonds is 12. The molecular weight excluding hydrogens is 486 g/mol. The molecule has 0 amide bonds. The summed E-state index contributed by atoms with van der Waals surface area (Å²) in [6.07, 6.45) is 5.36. The third kappa shape index (κ3) is 6.94. The number of aromatic nitrogens is 3. The molecule has 6 heteroatoms. The predicted octanol–water partition coefficient (Wildman–Crippen LogP) is 8.62. The Morgan fingerprint density at radius 3 is 0.923 bits per heavy atom. The summed E-state index contributed by atoms with van der Waals surface area (Å²) in [6, 6.07) is 19.0. The van der Waals surface area contributed by atoms with Gasteiger partial charge < -0.3 is 14.2 Å². The third-order valence-corrected chi connectivity index (χ3v) is 6.92. The largest absolute Gasteiger partial charge is 0.424 e. The number of hydrogen-bond donors (Lipinski definition) is 0. The summed E-state index contributed by atoms with van der Waals surface area (Å²) in [5.74, 6) is 2.13. The molecule has 0 bridgehead atoms. The van der Waals surface area contributed by atoms with Crippen LogP contribution in [-0.4, -0.2) is 15.0 Å². The maximum atomic E-state index is 6.22. The van der Waals surface area contributed by atoms with Crippen molar-refractivity contribution < 1.29 is 14.2 Å². The smallest absolute Gasteiger partial charge is 0.331 e. The van der Waals surface area contributed by atoms with Crippen molar-refractivity contribution >= 4 is 0 Å². The topological polar surface area (TPSA) is 66.4 Å². The Morgan fingerprint density at radius 1 is 0.410 bits per heavy atom. The highest BCUT2D eigenvalue weighted by Crippen LogP contribution is 2.32. The van der Waals surface area contributed by atoms with Crippen LogP contribution in [0.25, 0.3) is 0 Å². The molecule has 4 aromatic rings. The fraction of sp³-hybridized carbons (Fsp3) is 0.364. The van der Waals surface area contributed by atoms with E-state index in [0.717, 1.165) is 55.2 Å². The molecule has 6 nitrogen and oxygen atoms in total. The van der Waals surface area contributed by atoms with Crippen molar-refractivity contribution in [2.75, 3.05) is 0 Å². The van der Waals surface area contributed by atoms with Gasteiger partial charge in [0, 0.05) is 0 Å². The van der Waals surface area contributed by atoms with Gasteiger partial charge in [-0.15, -0.1) is 15.0 Å². The predicted molar refractivity (Wildman–Crippen MR) is 156 cm³/mol. The first-order valence-corrected chi connectivity index (χ1v) is 14.1. The molecule has 3 aromatic carbocycles. The van der Waals surface area contributed by atoms with E-state index >= 15 is 0 Å². The maximum Gasteiger partial charge on any atom is 0.331 e. The van der Waals surface area contributed by atoms with Crippen molar-refractivity contribution in [2.45, 2.75) is 80.1 Å². The quantitative estimate of drug-likeness (QED) is 0.184. The van der Waals surface area contributed by atoms with E-state index in [-0.39, 0.29) is 18.0 Å². The second-order valence-electron chi connectivity index (χ2n) is 9.44. The Labute approximate surface area is 232 Å². The van der Waals surface area contributed by atoms with E-state index in [0.29, 0.717) is 17.2 Å². The second-order valence-corrected chi connectivity index (χ2v) is 9.44. The summed E-state index contributed by atoms with van der Waals surface area (Å²) < 4.78 is 18.7. The van der Waals surface area contributed by atoms with Gasteiger partial charge in [0.2, 0.25) is 0 Å². The average molecular weight is 526 g/mol. The zero-order valence-electron chi connectivity index (χ0n) is 24.0. The van der Waals surface area contributed by atoms with Gasteiger partial charge in [-0.3, -0.25) is 0 Å². The molecule has 0 aliphatic carbocycles. The van der Waals surface area contributed by atoms with Crippen molar-refractivity contribution in [1.82, 2.24) is 15.0 Å². The Bertz CT molecular complexity index is 1240. The number of nitrogens with zero attached hydrogens (tertiary/aromatic N) is 3. The zero-order valence-corrected chi connectivity index (χ0v) is 24.0. The highest BCUT2D eigenvalue weighted by atomic mass is 16.5. The van der Waals surface area contributed by atoms with Gasteiger partial charge in [-0.1, -0.05) is 77.9 Å². The number of hydrogen-bond acceptors (Lipinski definition) is 6. The van der Waals surface area contributed by atoms with Crippen LogP contribution in [0.15, 0.2) is 54.6 Å². The van der Waals surface area contributed by atoms with Crippen molar-refractivity contribution in [3.05, 3.63) is 88.0 Å². The molecule has 204 valence electrons. The van der Waals surface area contributed by atoms with Crippen molar-refractivity contribution in [3.8, 4) is 35.3 Å². The Kier molecular flexibility index (Phi) is 9.53. The van der Waals surface area contributed by atoms with Crippen LogP contribution in [0, 0.1) is 0 Å². The van der Waals surface area contributed by atoms with E-state index in [1.54, 1.807) is 0 Å². The number of benzene rings is 3. The van der Waals surface area contributed by atoms with E-state index in [1.165, 1.54) is 16.7 Å². The highest BCUT2D eigenvalue weighted by molar-refractivity contribution is 5.42. The van der Waals surface area contributed by atoms with Gasteiger partial charge in [0.05, 0.1) is 0 Å². The van der Waals surface area contributed by atoms with Gasteiger partial charge in [-0.05, 0) is 90.1 Å². The molecule has 0 radical (unpaired) electrons. The Hall–Kier alpha value is -3.93. The van der Waals surface area contributed by atoms with Gasteiger partial charge in [-0.2, -0.15) is 0 Å². The first-order valence-electron chi connectivity index (χ1n) is 14.1. The molecule has 0 fully saturated rings. The summed E-state index contributed by atoms with van der Waals surface area (Å²) >= 11 is 0. The minimum Gasteiger partial charge on any atom is -0.424 e. The van der Waals surface area contributed by atoms with E-state index < -0.39 is 0 Å². The first-order chi connectivity index (χ1) is 19.0. The van der Waals surface area contributed by atoms with Crippen LogP contribution in [0.4, 0.5) is 0 Å². The van der Waals surface area contributed by atoms with Crippen molar-refractivity contribution in [2.24, 2.45) is 0 Å². The van der Waals surface area contributed by atoms with E-state index in [9.17, 15) is 0 Å². The molecule has 0 unspecified atom stereocenters. The Morgan fingerprint density at radius 2 is 0.692 bits per heavy atom. The summed E-state index contributed by atoms with van der Waals surface area (Å²) in [7, 11) is 0. The molecule has 0 N–H and O–H groups in total. The normalized spacial score (nSPS) is 10.9. The zero-order chi connectivity index (χ0) is 27.8. The van der Waals surface area contributed by atoms with Crippen LogP contribution in [0.5, 0.6) is 35.3 Å². The van der Waals surface area contributed by atoms with E-state index in [1.807, 2.05) is 18.2 Å². The van der Waals surface area contributed by atoms with Gasteiger partial charge in [0.15, 0.2) is 0 Å². The molecule has 0 atom stereocenters. The van der Waals surface area contributed by atoms with Crippen LogP contribution in [0.1, 0.15) is 74.9 Å². The maximum absolute atomic E-state index is 6.22. The van der Waals surface area contributed by atoms with Crippen LogP contribution >= 0.6 is 0 Å². The lowest BCUT2D eigenvalue weighted by atomic mass is 10.1. The summed E-state index contributed by atoms with van der Waals surface area (Å²) in [5.41, 5.74) is 7.04. The molecule has 39 heavy (non-hydrogen) atoms. The van der Waals surface area contributed by atoms with Crippen molar-refractivity contribution in [3.63, 3.8) is 0 Å². The molecule has 0 saturated heterocycles. The molecule has 0 saturated carbocycles. The average Bonchev–Trinajstić information content (AvgIpc) is 2.97. The lowest BCUT2D eigenvalue weighted by Crippen LogP contribution is -2.04. The Balaban J connectivity index is 1.74. The van der Waals surface area contributed by atoms with Crippen LogP contribution in [-0.2, 0) is 38.5 Å². The minimum atomic E-state index is 0.125. The fourth-order valence-electron chi connectivity index (χ4n) is 4.44. The number of aryl methyl sites for hydroxylation is 6. The van der Waals surface area contributed by atoms with Gasteiger partial charge >= 0.3 is 18.0 Å². The van der Waals surface area contributed by atoms with E-state index in [4.69, 9.17) is 14.2 Å². The first kappa shape index (κ1) is 28.1. The molecular formula is C33H39N3O3. The standard InChI is InChI=1S/C33H39N3O3/c1-7-22-13-16-28(25(10-4)19-22)37-31-34-32(38-29-17-14-23(8-2)20-26(29)11-5)36-33(35-31)39-30-18-15-24(9-3)21-27(30)12-6/h13-21H,7-12H2,1-6H3. The van der Waals surface area contributed by atoms with E-state index in [2.05, 4.69) is 92.9 Å². The van der Waals surface area contributed by atoms with Gasteiger partial charge in [0.1, 0.15) is 17.2 Å². The monoisotopic (exact) mass is 525 g/mol. The lowest BCUT2D eigenvalue weighted by Gasteiger charge is -2.14. The molecule has 4 rings (SSSR count). The van der Waals surface area contributed by atoms with Gasteiger partial charge in [-0.25, -0.2) is 0 Å². The molecule has 0 aliphatic heterocycles.